The summed E-state index contributed by atoms with van der Waals surface area (Å²) in [5, 5.41) is 10.6. The van der Waals surface area contributed by atoms with Crippen LogP contribution in [0.4, 0.5) is 0 Å². The Labute approximate surface area is 153 Å². The Morgan fingerprint density at radius 1 is 1.35 bits per heavy atom. The van der Waals surface area contributed by atoms with Crippen LogP contribution in [-0.4, -0.2) is 66.2 Å². The van der Waals surface area contributed by atoms with Crippen LogP contribution in [0, 0.1) is 5.92 Å². The van der Waals surface area contributed by atoms with Gasteiger partial charge in [-0.25, -0.2) is 9.59 Å². The first-order valence-corrected chi connectivity index (χ1v) is 8.84. The molecule has 7 nitrogen and oxygen atoms in total. The Hall–Kier alpha value is -1.99. The number of ether oxygens (including phenoxy) is 2. The summed E-state index contributed by atoms with van der Waals surface area (Å²) in [7, 11) is 1.89. The highest BCUT2D eigenvalue weighted by atomic mass is 16.6. The van der Waals surface area contributed by atoms with Gasteiger partial charge in [0.2, 0.25) is 5.78 Å². The number of carbonyl (C=O) groups is 3. The number of likely N-dealkylation sites (N-methyl/N-ethyl adjacent to an activating group) is 1. The Bertz CT molecular complexity index is 648. The third-order valence-corrected chi connectivity index (χ3v) is 5.15. The molecule has 0 amide bonds. The van der Waals surface area contributed by atoms with Gasteiger partial charge in [0.05, 0.1) is 0 Å². The first-order valence-electron chi connectivity index (χ1n) is 8.84. The molecule has 1 fully saturated rings. The summed E-state index contributed by atoms with van der Waals surface area (Å²) in [4.78, 5) is 39.7. The summed E-state index contributed by atoms with van der Waals surface area (Å²) in [5.74, 6) is -2.32. The van der Waals surface area contributed by atoms with Gasteiger partial charge in [-0.3, -0.25) is 4.79 Å². The van der Waals surface area contributed by atoms with Gasteiger partial charge >= 0.3 is 11.9 Å². The molecule has 2 aliphatic rings. The molecule has 0 saturated carbocycles. The number of nitrogens with zero attached hydrogens (tertiary/aromatic N) is 1. The number of rotatable bonds is 0. The predicted molar refractivity (Wildman–Crippen MR) is 94.2 cm³/mol. The highest BCUT2D eigenvalue weighted by Gasteiger charge is 2.40. The van der Waals surface area contributed by atoms with Crippen molar-refractivity contribution in [2.24, 2.45) is 5.92 Å². The molecule has 2 bridgehead atoms. The van der Waals surface area contributed by atoms with E-state index in [9.17, 15) is 19.5 Å². The summed E-state index contributed by atoms with van der Waals surface area (Å²) in [6, 6.07) is 0. The normalized spacial score (nSPS) is 34.0. The summed E-state index contributed by atoms with van der Waals surface area (Å²) < 4.78 is 10.7. The van der Waals surface area contributed by atoms with Gasteiger partial charge in [0.1, 0.15) is 6.61 Å². The van der Waals surface area contributed by atoms with Crippen LogP contribution in [0.15, 0.2) is 23.3 Å². The quantitative estimate of drug-likeness (QED) is 0.506. The molecule has 26 heavy (non-hydrogen) atoms. The second-order valence-corrected chi connectivity index (χ2v) is 7.18. The molecule has 0 aliphatic carbocycles. The summed E-state index contributed by atoms with van der Waals surface area (Å²) in [6.45, 7) is 5.58. The van der Waals surface area contributed by atoms with E-state index < -0.39 is 29.6 Å². The Morgan fingerprint density at radius 2 is 2.04 bits per heavy atom. The second kappa shape index (κ2) is 8.14. The molecule has 3 atom stereocenters. The predicted octanol–water partition coefficient (Wildman–Crippen LogP) is 1.01. The number of ketones is 1. The summed E-state index contributed by atoms with van der Waals surface area (Å²) in [5.41, 5.74) is -1.19. The van der Waals surface area contributed by atoms with E-state index in [1.54, 1.807) is 26.0 Å². The lowest BCUT2D eigenvalue weighted by molar-refractivity contribution is -0.169. The van der Waals surface area contributed by atoms with Crippen molar-refractivity contribution in [1.82, 2.24) is 4.90 Å². The smallest absolute Gasteiger partial charge is 0.338 e. The van der Waals surface area contributed by atoms with Crippen molar-refractivity contribution < 1.29 is 29.0 Å². The number of carbonyl (C=O) groups excluding carboxylic acids is 3. The fourth-order valence-corrected chi connectivity index (χ4v) is 2.92. The zero-order valence-electron chi connectivity index (χ0n) is 15.8. The lowest BCUT2D eigenvalue weighted by Gasteiger charge is -2.31. The molecule has 144 valence electrons. The molecule has 7 heteroatoms. The number of cyclic esters (lactones) is 1. The van der Waals surface area contributed by atoms with Crippen molar-refractivity contribution in [2.45, 2.75) is 45.3 Å². The van der Waals surface area contributed by atoms with Gasteiger partial charge in [0.15, 0.2) is 11.7 Å². The maximum absolute atomic E-state index is 12.8. The number of aliphatic hydroxyl groups is 1. The molecule has 0 aromatic carbocycles. The molecule has 2 aliphatic heterocycles. The van der Waals surface area contributed by atoms with Crippen molar-refractivity contribution in [3.05, 3.63) is 23.3 Å². The van der Waals surface area contributed by atoms with E-state index in [-0.39, 0.29) is 24.4 Å². The number of allylic oxidation sites excluding steroid dienone is 1. The first kappa shape index (κ1) is 20.3. The highest BCUT2D eigenvalue weighted by molar-refractivity contribution is 6.01. The van der Waals surface area contributed by atoms with Crippen LogP contribution in [0.25, 0.3) is 0 Å². The van der Waals surface area contributed by atoms with E-state index in [4.69, 9.17) is 9.47 Å². The zero-order chi connectivity index (χ0) is 19.5. The van der Waals surface area contributed by atoms with Crippen molar-refractivity contribution in [3.8, 4) is 0 Å². The van der Waals surface area contributed by atoms with E-state index in [0.29, 0.717) is 25.1 Å². The van der Waals surface area contributed by atoms with Crippen LogP contribution in [0.2, 0.25) is 0 Å². The van der Waals surface area contributed by atoms with Crippen LogP contribution in [-0.2, 0) is 23.9 Å². The van der Waals surface area contributed by atoms with Gasteiger partial charge in [-0.05, 0) is 33.2 Å². The van der Waals surface area contributed by atoms with Crippen molar-refractivity contribution >= 4 is 17.7 Å². The fraction of sp³-hybridized carbons (Fsp3) is 0.632. The molecule has 0 aromatic heterocycles. The topological polar surface area (TPSA) is 93.1 Å². The lowest BCUT2D eigenvalue weighted by atomic mass is 9.85. The maximum Gasteiger partial charge on any atom is 0.338 e. The number of esters is 2. The van der Waals surface area contributed by atoms with Crippen LogP contribution in [0.3, 0.4) is 0 Å². The monoisotopic (exact) mass is 365 g/mol. The molecule has 1 N–H and O–H groups in total. The lowest BCUT2D eigenvalue weighted by Crippen LogP contribution is -2.45. The van der Waals surface area contributed by atoms with Gasteiger partial charge in [-0.2, -0.15) is 0 Å². The molecule has 0 spiro atoms. The Kier molecular flexibility index (Phi) is 6.36. The van der Waals surface area contributed by atoms with Crippen molar-refractivity contribution in [2.75, 3.05) is 26.7 Å². The van der Waals surface area contributed by atoms with Crippen molar-refractivity contribution in [1.29, 1.82) is 0 Å². The largest absolute Gasteiger partial charge is 0.459 e. The molecule has 0 unspecified atom stereocenters. The average Bonchev–Trinajstić information content (AvgIpc) is 2.59. The molecule has 0 radical (unpaired) electrons. The minimum absolute atomic E-state index is 0.140. The van der Waals surface area contributed by atoms with E-state index in [1.165, 1.54) is 6.92 Å². The third kappa shape index (κ3) is 4.40. The zero-order valence-corrected chi connectivity index (χ0v) is 15.8. The minimum atomic E-state index is -1.78. The molecule has 1 saturated heterocycles. The molecule has 2 heterocycles. The molecule has 2 rings (SSSR count). The minimum Gasteiger partial charge on any atom is -0.459 e. The molecular weight excluding hydrogens is 338 g/mol. The van der Waals surface area contributed by atoms with E-state index in [2.05, 4.69) is 0 Å². The van der Waals surface area contributed by atoms with Crippen LogP contribution >= 0.6 is 0 Å². The Balaban J connectivity index is 2.42. The van der Waals surface area contributed by atoms with Gasteiger partial charge in [-0.1, -0.05) is 19.1 Å². The van der Waals surface area contributed by atoms with Gasteiger partial charge in [0, 0.05) is 30.7 Å². The van der Waals surface area contributed by atoms with E-state index in [0.717, 1.165) is 0 Å². The van der Waals surface area contributed by atoms with Crippen LogP contribution in [0.5, 0.6) is 0 Å². The highest BCUT2D eigenvalue weighted by Crippen LogP contribution is 2.27. The standard InChI is InChI=1S/C19H27NO6/c1-5-13-10-12(2)19(3,24)18(23)25-11-14-6-8-20(4)9-7-15(16(14)21)26-17(13)22/h5-6,12,15,24H,7-11H2,1-4H3/b13-5+,14-6?/t12-,15+,19-/m0/s1. The number of fused-ring (bicyclic) bond motifs is 2. The summed E-state index contributed by atoms with van der Waals surface area (Å²) >= 11 is 0. The summed E-state index contributed by atoms with van der Waals surface area (Å²) in [6.07, 6.45) is 2.86. The molecular formula is C19H27NO6. The van der Waals surface area contributed by atoms with Gasteiger partial charge < -0.3 is 19.5 Å². The SMILES string of the molecule is C/C=C1\C[C@H](C)[C@](C)(O)C(=O)OCC2=CCN(C)CC[C@@H](OC1=O)C2=O. The number of hydrogen-bond acceptors (Lipinski definition) is 7. The average molecular weight is 365 g/mol. The van der Waals surface area contributed by atoms with Gasteiger partial charge in [0.25, 0.3) is 0 Å². The van der Waals surface area contributed by atoms with E-state index in [1.807, 2.05) is 11.9 Å². The number of Topliss-reactive ketones (excluding diaryl/α,β-unsaturated/α-hetero) is 1. The third-order valence-electron chi connectivity index (χ3n) is 5.15. The van der Waals surface area contributed by atoms with Gasteiger partial charge in [-0.15, -0.1) is 0 Å². The first-order chi connectivity index (χ1) is 12.2. The second-order valence-electron chi connectivity index (χ2n) is 7.18. The molecule has 0 aromatic rings. The van der Waals surface area contributed by atoms with Crippen LogP contribution < -0.4 is 0 Å². The van der Waals surface area contributed by atoms with Crippen LogP contribution in [0.1, 0.15) is 33.6 Å². The number of hydrogen-bond donors (Lipinski definition) is 1. The Morgan fingerprint density at radius 3 is 2.69 bits per heavy atom. The fourth-order valence-electron chi connectivity index (χ4n) is 2.92. The van der Waals surface area contributed by atoms with E-state index >= 15 is 0 Å². The van der Waals surface area contributed by atoms with Crippen molar-refractivity contribution in [3.63, 3.8) is 0 Å². The maximum atomic E-state index is 12.8.